The lowest BCUT2D eigenvalue weighted by Crippen LogP contribution is -2.15. The van der Waals surface area contributed by atoms with E-state index < -0.39 is 18.2 Å². The zero-order valence-corrected chi connectivity index (χ0v) is 9.81. The Kier molecular flexibility index (Phi) is 3.65. The van der Waals surface area contributed by atoms with Crippen molar-refractivity contribution in [2.24, 2.45) is 0 Å². The van der Waals surface area contributed by atoms with Crippen LogP contribution in [0.15, 0.2) is 30.3 Å². The van der Waals surface area contributed by atoms with Crippen molar-refractivity contribution in [1.29, 1.82) is 0 Å². The molecule has 1 aromatic rings. The Morgan fingerprint density at radius 1 is 1.24 bits per heavy atom. The molecule has 2 rings (SSSR count). The first kappa shape index (κ1) is 11.9. The third-order valence-corrected chi connectivity index (χ3v) is 2.79. The van der Waals surface area contributed by atoms with E-state index in [-0.39, 0.29) is 5.12 Å². The van der Waals surface area contributed by atoms with Gasteiger partial charge in [-0.15, -0.1) is 0 Å². The molecule has 1 aliphatic rings. The lowest BCUT2D eigenvalue weighted by atomic mass is 10.3. The van der Waals surface area contributed by atoms with Crippen LogP contribution in [0.1, 0.15) is 0 Å². The molecule has 0 aliphatic carbocycles. The normalized spacial score (nSPS) is 21.7. The maximum absolute atomic E-state index is 11.5. The van der Waals surface area contributed by atoms with E-state index in [1.165, 1.54) is 7.11 Å². The highest BCUT2D eigenvalue weighted by atomic mass is 32.2. The quantitative estimate of drug-likeness (QED) is 0.456. The average Bonchev–Trinajstić information content (AvgIpc) is 3.16. The van der Waals surface area contributed by atoms with Gasteiger partial charge in [0.2, 0.25) is 0 Å². The number of benzene rings is 1. The molecule has 0 saturated carbocycles. The molecule has 1 aliphatic heterocycles. The molecule has 0 aromatic heterocycles. The first-order chi connectivity index (χ1) is 8.22. The molecule has 0 N–H and O–H groups in total. The molecule has 5 nitrogen and oxygen atoms in total. The van der Waals surface area contributed by atoms with E-state index in [1.54, 1.807) is 24.3 Å². The van der Waals surface area contributed by atoms with Gasteiger partial charge in [0.15, 0.2) is 12.2 Å². The van der Waals surface area contributed by atoms with Gasteiger partial charge in [-0.3, -0.25) is 4.79 Å². The van der Waals surface area contributed by atoms with Gasteiger partial charge in [0, 0.05) is 0 Å². The summed E-state index contributed by atoms with van der Waals surface area (Å²) in [7, 11) is 1.25. The molecule has 0 unspecified atom stereocenters. The molecule has 1 aromatic carbocycles. The minimum atomic E-state index is -0.778. The maximum Gasteiger partial charge on any atom is 0.338 e. The molecule has 0 spiro atoms. The Hall–Kier alpha value is -1.53. The second kappa shape index (κ2) is 5.20. The number of methoxy groups -OCH3 is 1. The lowest BCUT2D eigenvalue weighted by Gasteiger charge is -2.00. The summed E-state index contributed by atoms with van der Waals surface area (Å²) < 4.78 is 14.5. The van der Waals surface area contributed by atoms with Crippen LogP contribution in [0.25, 0.3) is 0 Å². The summed E-state index contributed by atoms with van der Waals surface area (Å²) in [5, 5.41) is -0.343. The van der Waals surface area contributed by atoms with Crippen molar-refractivity contribution in [2.75, 3.05) is 7.11 Å². The predicted octanol–water partition coefficient (Wildman–Crippen LogP) is 1.18. The molecule has 0 radical (unpaired) electrons. The van der Waals surface area contributed by atoms with Crippen molar-refractivity contribution in [1.82, 2.24) is 0 Å². The third-order valence-electron chi connectivity index (χ3n) is 2.12. The standard InChI is InChI=1S/C11H10O5S/c1-14-10(12)8-9(15-8)11(13)17-16-7-5-3-2-4-6-7/h2-6,8-9H,1H3/t8-,9-/m1/s1. The number of hydrogen-bond acceptors (Lipinski definition) is 6. The third kappa shape index (κ3) is 2.98. The van der Waals surface area contributed by atoms with E-state index in [1.807, 2.05) is 6.07 Å². The Labute approximate surface area is 102 Å². The summed E-state index contributed by atoms with van der Waals surface area (Å²) >= 11 is 0.660. The van der Waals surface area contributed by atoms with Gasteiger partial charge < -0.3 is 13.7 Å². The van der Waals surface area contributed by atoms with Gasteiger partial charge >= 0.3 is 5.97 Å². The Bertz CT molecular complexity index is 419. The van der Waals surface area contributed by atoms with E-state index in [9.17, 15) is 9.59 Å². The van der Waals surface area contributed by atoms with Gasteiger partial charge in [-0.2, -0.15) is 0 Å². The zero-order valence-electron chi connectivity index (χ0n) is 8.99. The fourth-order valence-corrected chi connectivity index (χ4v) is 1.76. The number of esters is 1. The van der Waals surface area contributed by atoms with Crippen LogP contribution in [0.3, 0.4) is 0 Å². The number of hydrogen-bond donors (Lipinski definition) is 0. The molecule has 90 valence electrons. The van der Waals surface area contributed by atoms with Crippen molar-refractivity contribution >= 4 is 23.1 Å². The van der Waals surface area contributed by atoms with Crippen LogP contribution in [0.5, 0.6) is 5.75 Å². The number of ether oxygens (including phenoxy) is 2. The number of para-hydroxylation sites is 1. The molecule has 6 heteroatoms. The predicted molar refractivity (Wildman–Crippen MR) is 60.3 cm³/mol. The smallest absolute Gasteiger partial charge is 0.338 e. The molecule has 1 heterocycles. The van der Waals surface area contributed by atoms with Crippen LogP contribution in [0.2, 0.25) is 0 Å². The van der Waals surface area contributed by atoms with Crippen molar-refractivity contribution in [3.63, 3.8) is 0 Å². The first-order valence-corrected chi connectivity index (χ1v) is 5.63. The second-order valence-corrected chi connectivity index (χ2v) is 4.03. The molecule has 1 fully saturated rings. The molecular weight excluding hydrogens is 244 g/mol. The highest BCUT2D eigenvalue weighted by Gasteiger charge is 2.52. The highest BCUT2D eigenvalue weighted by Crippen LogP contribution is 2.29. The number of carbonyl (C=O) groups is 2. The van der Waals surface area contributed by atoms with Crippen molar-refractivity contribution in [2.45, 2.75) is 12.2 Å². The first-order valence-electron chi connectivity index (χ1n) is 4.89. The molecule has 1 saturated heterocycles. The number of epoxide rings is 1. The minimum Gasteiger partial charge on any atom is -0.467 e. The zero-order chi connectivity index (χ0) is 12.3. The van der Waals surface area contributed by atoms with Crippen LogP contribution in [0.4, 0.5) is 0 Å². The maximum atomic E-state index is 11.5. The summed E-state index contributed by atoms with van der Waals surface area (Å²) in [4.78, 5) is 22.5. The summed E-state index contributed by atoms with van der Waals surface area (Å²) in [5.41, 5.74) is 0. The largest absolute Gasteiger partial charge is 0.467 e. The van der Waals surface area contributed by atoms with Gasteiger partial charge in [-0.1, -0.05) is 18.2 Å². The highest BCUT2D eigenvalue weighted by molar-refractivity contribution is 8.10. The van der Waals surface area contributed by atoms with Gasteiger partial charge in [0.05, 0.1) is 7.11 Å². The van der Waals surface area contributed by atoms with E-state index in [0.717, 1.165) is 0 Å². The monoisotopic (exact) mass is 254 g/mol. The van der Waals surface area contributed by atoms with E-state index in [0.29, 0.717) is 17.8 Å². The summed E-state index contributed by atoms with van der Waals surface area (Å²) in [6.45, 7) is 0. The second-order valence-electron chi connectivity index (χ2n) is 3.30. The molecule has 2 atom stereocenters. The summed E-state index contributed by atoms with van der Waals surface area (Å²) in [5.74, 6) is 0.0322. The fourth-order valence-electron chi connectivity index (χ4n) is 1.20. The van der Waals surface area contributed by atoms with E-state index in [4.69, 9.17) is 8.92 Å². The van der Waals surface area contributed by atoms with Crippen LogP contribution in [-0.2, 0) is 19.1 Å². The van der Waals surface area contributed by atoms with Crippen LogP contribution >= 0.6 is 12.0 Å². The molecule has 0 bridgehead atoms. The van der Waals surface area contributed by atoms with Gasteiger partial charge in [0.1, 0.15) is 17.8 Å². The van der Waals surface area contributed by atoms with Gasteiger partial charge in [0.25, 0.3) is 5.12 Å². The fraction of sp³-hybridized carbons (Fsp3) is 0.273. The Morgan fingerprint density at radius 3 is 2.59 bits per heavy atom. The molecule has 17 heavy (non-hydrogen) atoms. The Balaban J connectivity index is 1.78. The van der Waals surface area contributed by atoms with Crippen molar-refractivity contribution in [3.8, 4) is 5.75 Å². The molecule has 0 amide bonds. The minimum absolute atomic E-state index is 0.343. The topological polar surface area (TPSA) is 65.1 Å². The summed E-state index contributed by atoms with van der Waals surface area (Å²) in [6, 6.07) is 8.89. The molecular formula is C11H10O5S. The van der Waals surface area contributed by atoms with Crippen molar-refractivity contribution < 1.29 is 23.2 Å². The average molecular weight is 254 g/mol. The van der Waals surface area contributed by atoms with E-state index in [2.05, 4.69) is 4.74 Å². The van der Waals surface area contributed by atoms with E-state index >= 15 is 0 Å². The Morgan fingerprint density at radius 2 is 1.94 bits per heavy atom. The van der Waals surface area contributed by atoms with Crippen LogP contribution < -0.4 is 4.18 Å². The van der Waals surface area contributed by atoms with Gasteiger partial charge in [-0.25, -0.2) is 4.79 Å². The van der Waals surface area contributed by atoms with Crippen LogP contribution in [0, 0.1) is 0 Å². The summed E-state index contributed by atoms with van der Waals surface area (Å²) in [6.07, 6.45) is -1.53. The van der Waals surface area contributed by atoms with Crippen LogP contribution in [-0.4, -0.2) is 30.4 Å². The number of carbonyl (C=O) groups excluding carboxylic acids is 2. The number of rotatable bonds is 4. The lowest BCUT2D eigenvalue weighted by molar-refractivity contribution is -0.142. The van der Waals surface area contributed by atoms with Gasteiger partial charge in [-0.05, 0) is 12.1 Å². The SMILES string of the molecule is COC(=O)[C@@H]1O[C@H]1C(=O)SOc1ccccc1. The van der Waals surface area contributed by atoms with Crippen molar-refractivity contribution in [3.05, 3.63) is 30.3 Å².